The lowest BCUT2D eigenvalue weighted by Gasteiger charge is -2.26. The minimum Gasteiger partial charge on any atom is -0.375 e. The van der Waals surface area contributed by atoms with Gasteiger partial charge in [0.2, 0.25) is 0 Å². The van der Waals surface area contributed by atoms with Crippen molar-refractivity contribution in [3.63, 3.8) is 0 Å². The Bertz CT molecular complexity index is 528. The highest BCUT2D eigenvalue weighted by Crippen LogP contribution is 2.23. The Balaban J connectivity index is 2.20. The van der Waals surface area contributed by atoms with Gasteiger partial charge < -0.3 is 4.74 Å². The van der Waals surface area contributed by atoms with Gasteiger partial charge >= 0.3 is 0 Å². The second-order valence-electron chi connectivity index (χ2n) is 4.97. The summed E-state index contributed by atoms with van der Waals surface area (Å²) in [5, 5.41) is 0. The summed E-state index contributed by atoms with van der Waals surface area (Å²) in [6.45, 7) is 2.12. The average molecular weight is 270 g/mol. The molecule has 106 valence electrons. The fraction of sp³-hybridized carbons (Fsp3) is 0.294. The van der Waals surface area contributed by atoms with Crippen molar-refractivity contribution >= 4 is 0 Å². The highest BCUT2D eigenvalue weighted by molar-refractivity contribution is 5.28. The number of nitrogens with one attached hydrogen (secondary N) is 1. The third-order valence-corrected chi connectivity index (χ3v) is 3.66. The van der Waals surface area contributed by atoms with Gasteiger partial charge in [0.25, 0.3) is 0 Å². The number of rotatable bonds is 6. The Morgan fingerprint density at radius 3 is 2.30 bits per heavy atom. The van der Waals surface area contributed by atoms with E-state index < -0.39 is 0 Å². The molecule has 0 bridgehead atoms. The molecule has 2 unspecified atom stereocenters. The van der Waals surface area contributed by atoms with Crippen molar-refractivity contribution in [2.75, 3.05) is 7.11 Å². The van der Waals surface area contributed by atoms with Crippen molar-refractivity contribution in [2.45, 2.75) is 25.5 Å². The maximum atomic E-state index is 5.75. The molecule has 2 aromatic carbocycles. The van der Waals surface area contributed by atoms with Crippen LogP contribution in [0.1, 0.15) is 22.8 Å². The Labute approximate surface area is 120 Å². The fourth-order valence-electron chi connectivity index (χ4n) is 2.50. The molecule has 0 aliphatic heterocycles. The molecule has 2 rings (SSSR count). The first-order valence-electron chi connectivity index (χ1n) is 6.84. The average Bonchev–Trinajstić information content (AvgIpc) is 2.50. The van der Waals surface area contributed by atoms with E-state index >= 15 is 0 Å². The van der Waals surface area contributed by atoms with Crippen LogP contribution in [0.15, 0.2) is 54.6 Å². The molecule has 0 aliphatic rings. The molecular weight excluding hydrogens is 248 g/mol. The van der Waals surface area contributed by atoms with E-state index in [0.717, 1.165) is 12.0 Å². The lowest BCUT2D eigenvalue weighted by Crippen LogP contribution is -2.42. The van der Waals surface area contributed by atoms with Crippen LogP contribution < -0.4 is 11.3 Å². The molecule has 0 amide bonds. The summed E-state index contributed by atoms with van der Waals surface area (Å²) < 4.78 is 5.66. The van der Waals surface area contributed by atoms with Crippen molar-refractivity contribution < 1.29 is 4.74 Å². The zero-order chi connectivity index (χ0) is 14.4. The molecule has 0 saturated carbocycles. The van der Waals surface area contributed by atoms with Crippen molar-refractivity contribution in [2.24, 2.45) is 5.84 Å². The molecule has 3 nitrogen and oxygen atoms in total. The predicted octanol–water partition coefficient (Wildman–Crippen LogP) is 2.76. The van der Waals surface area contributed by atoms with Crippen LogP contribution in [0, 0.1) is 6.92 Å². The van der Waals surface area contributed by atoms with Crippen molar-refractivity contribution in [1.82, 2.24) is 5.43 Å². The van der Waals surface area contributed by atoms with Crippen molar-refractivity contribution in [1.29, 1.82) is 0 Å². The van der Waals surface area contributed by atoms with Gasteiger partial charge in [-0.15, -0.1) is 0 Å². The van der Waals surface area contributed by atoms with E-state index in [1.54, 1.807) is 7.11 Å². The first-order chi connectivity index (χ1) is 9.76. The van der Waals surface area contributed by atoms with Gasteiger partial charge in [-0.3, -0.25) is 11.3 Å². The third kappa shape index (κ3) is 3.45. The standard InChI is InChI=1S/C17H22N2O/c1-13-8-6-7-11-15(13)12-16(19-18)17(20-2)14-9-4-3-5-10-14/h3-11,16-17,19H,12,18H2,1-2H3. The van der Waals surface area contributed by atoms with Crippen molar-refractivity contribution in [3.8, 4) is 0 Å². The first kappa shape index (κ1) is 14.7. The molecule has 0 radical (unpaired) electrons. The Hall–Kier alpha value is -1.68. The van der Waals surface area contributed by atoms with E-state index in [2.05, 4.69) is 48.7 Å². The maximum absolute atomic E-state index is 5.75. The molecule has 2 aromatic rings. The summed E-state index contributed by atoms with van der Waals surface area (Å²) in [4.78, 5) is 0. The highest BCUT2D eigenvalue weighted by atomic mass is 16.5. The highest BCUT2D eigenvalue weighted by Gasteiger charge is 2.22. The van der Waals surface area contributed by atoms with Gasteiger partial charge in [0.15, 0.2) is 0 Å². The van der Waals surface area contributed by atoms with Crippen LogP contribution in [-0.4, -0.2) is 13.2 Å². The summed E-state index contributed by atoms with van der Waals surface area (Å²) in [5.74, 6) is 5.75. The molecule has 3 N–H and O–H groups in total. The smallest absolute Gasteiger partial charge is 0.0990 e. The monoisotopic (exact) mass is 270 g/mol. The molecule has 0 aromatic heterocycles. The van der Waals surface area contributed by atoms with Gasteiger partial charge in [-0.2, -0.15) is 0 Å². The normalized spacial score (nSPS) is 13.9. The number of hydrazine groups is 1. The number of nitrogens with two attached hydrogens (primary N) is 1. The van der Waals surface area contributed by atoms with E-state index in [1.807, 2.05) is 18.2 Å². The number of methoxy groups -OCH3 is 1. The van der Waals surface area contributed by atoms with Gasteiger partial charge in [0, 0.05) is 7.11 Å². The van der Waals surface area contributed by atoms with Gasteiger partial charge in [-0.25, -0.2) is 0 Å². The first-order valence-corrected chi connectivity index (χ1v) is 6.84. The van der Waals surface area contributed by atoms with Gasteiger partial charge in [0.05, 0.1) is 12.1 Å². The van der Waals surface area contributed by atoms with Gasteiger partial charge in [-0.1, -0.05) is 54.6 Å². The van der Waals surface area contributed by atoms with E-state index in [-0.39, 0.29) is 12.1 Å². The van der Waals surface area contributed by atoms with Crippen LogP contribution >= 0.6 is 0 Å². The number of benzene rings is 2. The SMILES string of the molecule is COC(c1ccccc1)C(Cc1ccccc1C)NN. The summed E-state index contributed by atoms with van der Waals surface area (Å²) in [6, 6.07) is 18.6. The lowest BCUT2D eigenvalue weighted by atomic mass is 9.94. The number of hydrogen-bond donors (Lipinski definition) is 2. The number of hydrogen-bond acceptors (Lipinski definition) is 3. The Morgan fingerprint density at radius 2 is 1.70 bits per heavy atom. The van der Waals surface area contributed by atoms with Crippen LogP contribution in [0.25, 0.3) is 0 Å². The van der Waals surface area contributed by atoms with Crippen LogP contribution in [0.3, 0.4) is 0 Å². The zero-order valence-electron chi connectivity index (χ0n) is 12.0. The van der Waals surface area contributed by atoms with Crippen LogP contribution in [0.5, 0.6) is 0 Å². The minimum absolute atomic E-state index is 0.0310. The number of ether oxygens (including phenoxy) is 1. The van der Waals surface area contributed by atoms with E-state index in [4.69, 9.17) is 10.6 Å². The van der Waals surface area contributed by atoms with Gasteiger partial charge in [-0.05, 0) is 30.0 Å². The summed E-state index contributed by atoms with van der Waals surface area (Å²) in [7, 11) is 1.72. The summed E-state index contributed by atoms with van der Waals surface area (Å²) >= 11 is 0. The second-order valence-corrected chi connectivity index (χ2v) is 4.97. The van der Waals surface area contributed by atoms with Crippen LogP contribution in [0.2, 0.25) is 0 Å². The van der Waals surface area contributed by atoms with Crippen LogP contribution in [0.4, 0.5) is 0 Å². The van der Waals surface area contributed by atoms with Crippen molar-refractivity contribution in [3.05, 3.63) is 71.3 Å². The van der Waals surface area contributed by atoms with Crippen LogP contribution in [-0.2, 0) is 11.2 Å². The Kier molecular flexibility index (Phi) is 5.30. The largest absolute Gasteiger partial charge is 0.375 e. The molecule has 0 spiro atoms. The number of aryl methyl sites for hydroxylation is 1. The minimum atomic E-state index is -0.0687. The second kappa shape index (κ2) is 7.20. The molecule has 3 heteroatoms. The predicted molar refractivity (Wildman–Crippen MR) is 82.2 cm³/mol. The maximum Gasteiger partial charge on any atom is 0.0990 e. The summed E-state index contributed by atoms with van der Waals surface area (Å²) in [6.07, 6.45) is 0.761. The lowest BCUT2D eigenvalue weighted by molar-refractivity contribution is 0.0678. The molecule has 0 saturated heterocycles. The van der Waals surface area contributed by atoms with E-state index in [9.17, 15) is 0 Å². The van der Waals surface area contributed by atoms with E-state index in [0.29, 0.717) is 0 Å². The molecule has 0 heterocycles. The molecular formula is C17H22N2O. The quantitative estimate of drug-likeness (QED) is 0.627. The molecule has 2 atom stereocenters. The fourth-order valence-corrected chi connectivity index (χ4v) is 2.50. The third-order valence-electron chi connectivity index (χ3n) is 3.66. The zero-order valence-corrected chi connectivity index (χ0v) is 12.0. The molecule has 0 aliphatic carbocycles. The topological polar surface area (TPSA) is 47.3 Å². The Morgan fingerprint density at radius 1 is 1.05 bits per heavy atom. The summed E-state index contributed by atoms with van der Waals surface area (Å²) in [5.41, 5.74) is 6.59. The molecule has 0 fully saturated rings. The molecule has 20 heavy (non-hydrogen) atoms. The van der Waals surface area contributed by atoms with Gasteiger partial charge in [0.1, 0.15) is 0 Å². The van der Waals surface area contributed by atoms with E-state index in [1.165, 1.54) is 11.1 Å².